The van der Waals surface area contributed by atoms with Gasteiger partial charge in [0.25, 0.3) is 5.91 Å². The minimum Gasteiger partial charge on any atom is -0.497 e. The maximum Gasteiger partial charge on any atom is 0.416 e. The first kappa shape index (κ1) is 38.1. The minimum atomic E-state index is -4.53. The zero-order chi connectivity index (χ0) is 36.2. The lowest BCUT2D eigenvalue weighted by Gasteiger charge is -2.36. The summed E-state index contributed by atoms with van der Waals surface area (Å²) < 4.78 is 70.3. The second-order valence-electron chi connectivity index (χ2n) is 14.8. The van der Waals surface area contributed by atoms with Gasteiger partial charge in [-0.05, 0) is 91.8 Å². The van der Waals surface area contributed by atoms with Crippen molar-refractivity contribution in [2.75, 3.05) is 40.5 Å². The highest BCUT2D eigenvalue weighted by Crippen LogP contribution is 2.46. The molecule has 11 heteroatoms. The summed E-state index contributed by atoms with van der Waals surface area (Å²) >= 11 is 0. The number of ether oxygens (including phenoxy) is 2. The number of aliphatic carboxylic acids is 1. The van der Waals surface area contributed by atoms with E-state index in [-0.39, 0.29) is 37.6 Å². The van der Waals surface area contributed by atoms with Gasteiger partial charge in [-0.15, -0.1) is 0 Å². The number of nitrogens with zero attached hydrogens (tertiary/aromatic N) is 2. The maximum atomic E-state index is 17.6. The van der Waals surface area contributed by atoms with Crippen LogP contribution in [0.25, 0.3) is 0 Å². The molecule has 6 atom stereocenters. The SMILES string of the molecule is CCCC(CCC(C)Cc1cc(C(F)(F)F)ccc1[C@@H]1C[C@@H](COC)N(C(=O)[C@]2(F)CN(C3CCC3)C[C@H]2c2ccc(OC)cc2)C1)C(=O)O. The first-order chi connectivity index (χ1) is 23.8. The van der Waals surface area contributed by atoms with Crippen LogP contribution in [0.3, 0.4) is 0 Å². The topological polar surface area (TPSA) is 79.3 Å². The quantitative estimate of drug-likeness (QED) is 0.190. The lowest BCUT2D eigenvalue weighted by atomic mass is 9.84. The van der Waals surface area contributed by atoms with Crippen LogP contribution in [0, 0.1) is 11.8 Å². The molecule has 2 unspecified atom stereocenters. The fourth-order valence-corrected chi connectivity index (χ4v) is 8.34. The van der Waals surface area contributed by atoms with Crippen molar-refractivity contribution in [3.05, 3.63) is 64.7 Å². The van der Waals surface area contributed by atoms with E-state index >= 15 is 4.39 Å². The number of likely N-dealkylation sites (tertiary alicyclic amines) is 2. The number of carbonyl (C=O) groups excluding carboxylic acids is 1. The average Bonchev–Trinajstić information content (AvgIpc) is 3.63. The van der Waals surface area contributed by atoms with Crippen LogP contribution in [0.5, 0.6) is 5.75 Å². The molecule has 7 nitrogen and oxygen atoms in total. The molecule has 1 aliphatic carbocycles. The van der Waals surface area contributed by atoms with Crippen molar-refractivity contribution in [2.24, 2.45) is 11.8 Å². The second kappa shape index (κ2) is 16.0. The Kier molecular flexibility index (Phi) is 12.2. The molecule has 276 valence electrons. The van der Waals surface area contributed by atoms with Gasteiger partial charge in [-0.3, -0.25) is 14.5 Å². The molecule has 1 amide bonds. The van der Waals surface area contributed by atoms with Crippen LogP contribution in [0.1, 0.15) is 99.3 Å². The monoisotopic (exact) mass is 704 g/mol. The van der Waals surface area contributed by atoms with E-state index in [9.17, 15) is 27.9 Å². The molecule has 3 fully saturated rings. The van der Waals surface area contributed by atoms with Crippen molar-refractivity contribution in [1.29, 1.82) is 0 Å². The van der Waals surface area contributed by atoms with Crippen LogP contribution in [-0.2, 0) is 26.9 Å². The van der Waals surface area contributed by atoms with E-state index in [1.54, 1.807) is 24.1 Å². The van der Waals surface area contributed by atoms with Crippen molar-refractivity contribution >= 4 is 11.9 Å². The average molecular weight is 705 g/mol. The summed E-state index contributed by atoms with van der Waals surface area (Å²) in [5.74, 6) is -2.36. The van der Waals surface area contributed by atoms with Gasteiger partial charge in [0.1, 0.15) is 5.75 Å². The Morgan fingerprint density at radius 3 is 2.34 bits per heavy atom. The Bertz CT molecular complexity index is 1470. The standard InChI is InChI=1S/C39H52F4N2O5/c1-5-7-27(36(46)47)11-10-25(2)18-28-19-30(39(41,42)43)14-17-34(28)29-20-32(23-49-3)45(21-29)37(48)38(40)24-44(31-8-6-9-31)22-35(38)26-12-15-33(50-4)16-13-26/h12-17,19,25,27,29,31-32,35H,5-11,18,20-24H2,1-4H3,(H,46,47)/t25?,27?,29-,32+,35+,38+/m1/s1. The van der Waals surface area contributed by atoms with Gasteiger partial charge in [-0.25, -0.2) is 4.39 Å². The molecule has 2 aromatic carbocycles. The molecule has 2 aromatic rings. The first-order valence-electron chi connectivity index (χ1n) is 18.1. The van der Waals surface area contributed by atoms with Crippen molar-refractivity contribution in [2.45, 2.75) is 107 Å². The summed E-state index contributed by atoms with van der Waals surface area (Å²) in [6.45, 7) is 4.63. The van der Waals surface area contributed by atoms with Gasteiger partial charge in [-0.2, -0.15) is 13.2 Å². The van der Waals surface area contributed by atoms with Gasteiger partial charge in [0, 0.05) is 44.6 Å². The summed E-state index contributed by atoms with van der Waals surface area (Å²) in [5.41, 5.74) is -0.961. The minimum absolute atomic E-state index is 0.00746. The molecule has 1 N–H and O–H groups in total. The molecule has 0 bridgehead atoms. The molecule has 0 spiro atoms. The summed E-state index contributed by atoms with van der Waals surface area (Å²) in [4.78, 5) is 30.0. The van der Waals surface area contributed by atoms with Gasteiger partial charge in [-0.1, -0.05) is 44.9 Å². The molecule has 2 saturated heterocycles. The summed E-state index contributed by atoms with van der Waals surface area (Å²) in [7, 11) is 3.10. The fourth-order valence-electron chi connectivity index (χ4n) is 8.34. The molecule has 5 rings (SSSR count). The number of methoxy groups -OCH3 is 2. The summed E-state index contributed by atoms with van der Waals surface area (Å²) in [5, 5.41) is 9.61. The summed E-state index contributed by atoms with van der Waals surface area (Å²) in [6.07, 6.45) is 1.56. The van der Waals surface area contributed by atoms with E-state index < -0.39 is 47.2 Å². The highest BCUT2D eigenvalue weighted by Gasteiger charge is 2.58. The zero-order valence-corrected chi connectivity index (χ0v) is 29.7. The largest absolute Gasteiger partial charge is 0.497 e. The molecule has 2 aliphatic heterocycles. The smallest absolute Gasteiger partial charge is 0.416 e. The number of alkyl halides is 4. The lowest BCUT2D eigenvalue weighted by Crippen LogP contribution is -2.53. The van der Waals surface area contributed by atoms with E-state index in [2.05, 4.69) is 4.90 Å². The Morgan fingerprint density at radius 2 is 1.76 bits per heavy atom. The van der Waals surface area contributed by atoms with Crippen molar-refractivity contribution in [3.63, 3.8) is 0 Å². The van der Waals surface area contributed by atoms with E-state index in [4.69, 9.17) is 9.47 Å². The lowest BCUT2D eigenvalue weighted by molar-refractivity contribution is -0.146. The van der Waals surface area contributed by atoms with Crippen LogP contribution in [0.4, 0.5) is 17.6 Å². The molecule has 50 heavy (non-hydrogen) atoms. The van der Waals surface area contributed by atoms with Crippen LogP contribution < -0.4 is 4.74 Å². The Hall–Kier alpha value is -3.18. The number of halogens is 4. The third kappa shape index (κ3) is 8.30. The molecular formula is C39H52F4N2O5. The Balaban J connectivity index is 1.42. The number of carbonyl (C=O) groups is 2. The van der Waals surface area contributed by atoms with E-state index in [1.807, 2.05) is 26.0 Å². The van der Waals surface area contributed by atoms with Gasteiger partial charge in [0.2, 0.25) is 5.67 Å². The highest BCUT2D eigenvalue weighted by atomic mass is 19.4. The summed E-state index contributed by atoms with van der Waals surface area (Å²) in [6, 6.07) is 10.8. The van der Waals surface area contributed by atoms with Gasteiger partial charge in [0.05, 0.1) is 31.2 Å². The molecule has 0 aromatic heterocycles. The Labute approximate surface area is 293 Å². The number of rotatable bonds is 15. The molecule has 0 radical (unpaired) electrons. The van der Waals surface area contributed by atoms with E-state index in [0.29, 0.717) is 55.5 Å². The number of amides is 1. The normalized spacial score (nSPS) is 25.8. The van der Waals surface area contributed by atoms with Crippen LogP contribution in [0.15, 0.2) is 42.5 Å². The third-order valence-electron chi connectivity index (χ3n) is 11.4. The van der Waals surface area contributed by atoms with Crippen molar-refractivity contribution in [3.8, 4) is 5.75 Å². The number of benzene rings is 2. The van der Waals surface area contributed by atoms with E-state index in [0.717, 1.165) is 37.3 Å². The van der Waals surface area contributed by atoms with Gasteiger partial charge < -0.3 is 19.5 Å². The third-order valence-corrected chi connectivity index (χ3v) is 11.4. The van der Waals surface area contributed by atoms with E-state index in [1.165, 1.54) is 19.2 Å². The predicted molar refractivity (Wildman–Crippen MR) is 183 cm³/mol. The van der Waals surface area contributed by atoms with Crippen LogP contribution in [-0.4, -0.2) is 85.0 Å². The molecule has 3 aliphatic rings. The molecular weight excluding hydrogens is 652 g/mol. The predicted octanol–water partition coefficient (Wildman–Crippen LogP) is 7.86. The second-order valence-corrected chi connectivity index (χ2v) is 14.8. The number of carboxylic acids is 1. The maximum absolute atomic E-state index is 17.6. The van der Waals surface area contributed by atoms with Gasteiger partial charge in [0.15, 0.2) is 0 Å². The fraction of sp³-hybridized carbons (Fsp3) is 0.641. The van der Waals surface area contributed by atoms with Gasteiger partial charge >= 0.3 is 12.1 Å². The van der Waals surface area contributed by atoms with Crippen molar-refractivity contribution in [1.82, 2.24) is 9.80 Å². The van der Waals surface area contributed by atoms with Crippen molar-refractivity contribution < 1.29 is 41.7 Å². The Morgan fingerprint density at radius 1 is 1.04 bits per heavy atom. The molecule has 1 saturated carbocycles. The highest BCUT2D eigenvalue weighted by molar-refractivity contribution is 5.88. The van der Waals surface area contributed by atoms with Crippen LogP contribution >= 0.6 is 0 Å². The number of carboxylic acid groups (broad SMARTS) is 1. The first-order valence-corrected chi connectivity index (χ1v) is 18.1. The number of hydrogen-bond donors (Lipinski definition) is 1. The van der Waals surface area contributed by atoms with Crippen LogP contribution in [0.2, 0.25) is 0 Å². The zero-order valence-electron chi connectivity index (χ0n) is 29.7. The molecule has 2 heterocycles. The number of hydrogen-bond acceptors (Lipinski definition) is 5.